The van der Waals surface area contributed by atoms with E-state index in [9.17, 15) is 4.57 Å². The predicted octanol–water partition coefficient (Wildman–Crippen LogP) is 3.32. The zero-order valence-corrected chi connectivity index (χ0v) is 11.1. The van der Waals surface area contributed by atoms with Crippen molar-refractivity contribution in [2.45, 2.75) is 42.6 Å². The van der Waals surface area contributed by atoms with Gasteiger partial charge in [-0.3, -0.25) is 4.57 Å². The van der Waals surface area contributed by atoms with E-state index in [4.69, 9.17) is 9.05 Å². The average Bonchev–Trinajstić information content (AvgIpc) is 1.98. The van der Waals surface area contributed by atoms with Gasteiger partial charge in [0, 0.05) is 4.32 Å². The maximum Gasteiger partial charge on any atom is 0.336 e. The molecular weight excluding hydrogens is 267 g/mol. The number of alkyl halides is 1. The van der Waals surface area contributed by atoms with Crippen LogP contribution in [-0.2, 0) is 13.6 Å². The monoisotopic (exact) mass is 282 g/mol. The largest absolute Gasteiger partial charge is 0.336 e. The summed E-state index contributed by atoms with van der Waals surface area (Å²) in [6.07, 6.45) is 2.83. The number of hydrogen-bond acceptors (Lipinski definition) is 3. The van der Waals surface area contributed by atoms with Gasteiger partial charge in [-0.25, -0.2) is 0 Å². The van der Waals surface area contributed by atoms with Gasteiger partial charge in [-0.15, -0.1) is 0 Å². The van der Waals surface area contributed by atoms with E-state index in [1.165, 1.54) is 0 Å². The lowest BCUT2D eigenvalue weighted by Crippen LogP contribution is -2.68. The highest BCUT2D eigenvalue weighted by molar-refractivity contribution is 9.10. The Kier molecular flexibility index (Phi) is 2.63. The lowest BCUT2D eigenvalue weighted by Gasteiger charge is -2.68. The lowest BCUT2D eigenvalue weighted by molar-refractivity contribution is 0.0478. The summed E-state index contributed by atoms with van der Waals surface area (Å²) in [6, 6.07) is 0. The first-order valence-electron chi connectivity index (χ1n) is 5.07. The first-order chi connectivity index (χ1) is 6.49. The lowest BCUT2D eigenvalue weighted by atomic mass is 9.55. The summed E-state index contributed by atoms with van der Waals surface area (Å²) in [5.74, 6) is 0. The Hall–Kier alpha value is 0.630. The average molecular weight is 283 g/mol. The molecule has 3 aliphatic carbocycles. The zero-order valence-electron chi connectivity index (χ0n) is 8.59. The third kappa shape index (κ3) is 1.35. The molecule has 3 fully saturated rings. The van der Waals surface area contributed by atoms with Crippen LogP contribution in [0.1, 0.15) is 33.1 Å². The molecule has 0 amide bonds. The Balaban J connectivity index is 2.09. The Bertz CT molecular complexity index is 262. The minimum atomic E-state index is -2.84. The van der Waals surface area contributed by atoms with Crippen LogP contribution in [0.3, 0.4) is 0 Å². The van der Waals surface area contributed by atoms with Crippen molar-refractivity contribution < 1.29 is 13.6 Å². The van der Waals surface area contributed by atoms with E-state index in [1.807, 2.05) is 13.8 Å². The fourth-order valence-corrected chi connectivity index (χ4v) is 7.61. The Morgan fingerprint density at radius 1 is 1.21 bits per heavy atom. The van der Waals surface area contributed by atoms with Gasteiger partial charge in [0.15, 0.2) is 0 Å². The van der Waals surface area contributed by atoms with E-state index in [1.54, 1.807) is 0 Å². The van der Waals surface area contributed by atoms with Gasteiger partial charge in [0.05, 0.1) is 18.4 Å². The summed E-state index contributed by atoms with van der Waals surface area (Å²) in [4.78, 5) is 0. The highest BCUT2D eigenvalue weighted by Crippen LogP contribution is 2.83. The summed E-state index contributed by atoms with van der Waals surface area (Å²) < 4.78 is 23.4. The Morgan fingerprint density at radius 3 is 1.93 bits per heavy atom. The SMILES string of the molecule is CCOP(=O)(OCC)C12CC(Br)(C1)C2. The molecule has 0 aromatic carbocycles. The molecule has 2 bridgehead atoms. The topological polar surface area (TPSA) is 35.5 Å². The van der Waals surface area contributed by atoms with Crippen LogP contribution in [0.25, 0.3) is 0 Å². The van der Waals surface area contributed by atoms with Crippen molar-refractivity contribution in [1.82, 2.24) is 0 Å². The summed E-state index contributed by atoms with van der Waals surface area (Å²) in [7, 11) is -2.84. The highest BCUT2D eigenvalue weighted by atomic mass is 79.9. The van der Waals surface area contributed by atoms with Crippen LogP contribution in [0.4, 0.5) is 0 Å². The van der Waals surface area contributed by atoms with Crippen LogP contribution < -0.4 is 0 Å². The Morgan fingerprint density at radius 2 is 1.64 bits per heavy atom. The van der Waals surface area contributed by atoms with Crippen molar-refractivity contribution >= 4 is 23.5 Å². The van der Waals surface area contributed by atoms with Crippen molar-refractivity contribution in [3.8, 4) is 0 Å². The highest BCUT2D eigenvalue weighted by Gasteiger charge is 2.75. The van der Waals surface area contributed by atoms with Crippen LogP contribution in [0.5, 0.6) is 0 Å². The molecule has 3 aliphatic rings. The van der Waals surface area contributed by atoms with Crippen LogP contribution in [0.2, 0.25) is 0 Å². The predicted molar refractivity (Wildman–Crippen MR) is 59.1 cm³/mol. The van der Waals surface area contributed by atoms with Crippen LogP contribution in [-0.4, -0.2) is 22.7 Å². The smallest absolute Gasteiger partial charge is 0.308 e. The van der Waals surface area contributed by atoms with Crippen molar-refractivity contribution in [3.63, 3.8) is 0 Å². The molecule has 3 rings (SSSR count). The first kappa shape index (κ1) is 11.1. The van der Waals surface area contributed by atoms with Gasteiger partial charge in [0.2, 0.25) is 0 Å². The summed E-state index contributed by atoms with van der Waals surface area (Å²) in [5.41, 5.74) is 0. The van der Waals surface area contributed by atoms with Gasteiger partial charge < -0.3 is 9.05 Å². The third-order valence-corrected chi connectivity index (χ3v) is 6.79. The second-order valence-electron chi connectivity index (χ2n) is 4.24. The summed E-state index contributed by atoms with van der Waals surface area (Å²) in [6.45, 7) is 4.66. The van der Waals surface area contributed by atoms with Gasteiger partial charge >= 0.3 is 7.60 Å². The molecule has 0 atom stereocenters. The zero-order chi connectivity index (χ0) is 10.4. The second-order valence-corrected chi connectivity index (χ2v) is 8.38. The molecule has 0 N–H and O–H groups in total. The second kappa shape index (κ2) is 3.31. The van der Waals surface area contributed by atoms with E-state index in [2.05, 4.69) is 15.9 Å². The van der Waals surface area contributed by atoms with Crippen molar-refractivity contribution in [1.29, 1.82) is 0 Å². The molecule has 0 aliphatic heterocycles. The maximum absolute atomic E-state index is 12.4. The maximum atomic E-state index is 12.4. The molecule has 0 heterocycles. The number of halogens is 1. The molecule has 3 saturated carbocycles. The van der Waals surface area contributed by atoms with Crippen LogP contribution >= 0.6 is 23.5 Å². The van der Waals surface area contributed by atoms with Crippen molar-refractivity contribution in [2.24, 2.45) is 0 Å². The molecule has 3 nitrogen and oxygen atoms in total. The quantitative estimate of drug-likeness (QED) is 0.573. The van der Waals surface area contributed by atoms with E-state index in [-0.39, 0.29) is 9.48 Å². The molecular formula is C9H16BrO3P. The molecule has 5 heteroatoms. The van der Waals surface area contributed by atoms with Crippen molar-refractivity contribution in [2.75, 3.05) is 13.2 Å². The van der Waals surface area contributed by atoms with Gasteiger partial charge in [-0.1, -0.05) is 15.9 Å². The van der Waals surface area contributed by atoms with Crippen LogP contribution in [0, 0.1) is 0 Å². The molecule has 0 radical (unpaired) electrons. The summed E-state index contributed by atoms with van der Waals surface area (Å²) >= 11 is 3.63. The molecule has 0 unspecified atom stereocenters. The van der Waals surface area contributed by atoms with E-state index >= 15 is 0 Å². The van der Waals surface area contributed by atoms with Crippen LogP contribution in [0.15, 0.2) is 0 Å². The molecule has 82 valence electrons. The van der Waals surface area contributed by atoms with Gasteiger partial charge in [-0.2, -0.15) is 0 Å². The normalized spacial score (nSPS) is 40.2. The number of rotatable bonds is 5. The fraction of sp³-hybridized carbons (Fsp3) is 1.00. The Labute approximate surface area is 93.2 Å². The standard InChI is InChI=1S/C9H16BrO3P/c1-3-12-14(11,13-4-2)9-5-8(10,6-9)7-9/h3-7H2,1-2H3. The van der Waals surface area contributed by atoms with Gasteiger partial charge in [0.25, 0.3) is 0 Å². The van der Waals surface area contributed by atoms with E-state index in [0.717, 1.165) is 19.3 Å². The minimum absolute atomic E-state index is 0.150. The molecule has 0 saturated heterocycles. The molecule has 14 heavy (non-hydrogen) atoms. The third-order valence-electron chi connectivity index (χ3n) is 3.12. The van der Waals surface area contributed by atoms with Crippen molar-refractivity contribution in [3.05, 3.63) is 0 Å². The van der Waals surface area contributed by atoms with Gasteiger partial charge in [-0.05, 0) is 33.1 Å². The van der Waals surface area contributed by atoms with E-state index < -0.39 is 7.60 Å². The van der Waals surface area contributed by atoms with Gasteiger partial charge in [0.1, 0.15) is 0 Å². The molecule has 0 aromatic rings. The minimum Gasteiger partial charge on any atom is -0.308 e. The summed E-state index contributed by atoms with van der Waals surface area (Å²) in [5, 5.41) is -0.150. The molecule has 0 aromatic heterocycles. The van der Waals surface area contributed by atoms with E-state index in [0.29, 0.717) is 13.2 Å². The first-order valence-corrected chi connectivity index (χ1v) is 7.41. The molecule has 0 spiro atoms. The number of hydrogen-bond donors (Lipinski definition) is 0. The fourth-order valence-electron chi connectivity index (χ4n) is 2.56.